The summed E-state index contributed by atoms with van der Waals surface area (Å²) < 4.78 is 4.90. The largest absolute Gasteiger partial charge is 0.475 e. The topological polar surface area (TPSA) is 174 Å². The van der Waals surface area contributed by atoms with Crippen molar-refractivity contribution in [1.82, 2.24) is 5.32 Å². The van der Waals surface area contributed by atoms with E-state index in [-0.39, 0.29) is 0 Å². The van der Waals surface area contributed by atoms with E-state index in [0.717, 1.165) is 14.0 Å². The molecule has 0 spiro atoms. The van der Waals surface area contributed by atoms with Crippen molar-refractivity contribution >= 4 is 17.7 Å². The number of hydrogen-bond donors (Lipinski definition) is 6. The van der Waals surface area contributed by atoms with Crippen LogP contribution in [-0.2, 0) is 19.1 Å². The maximum absolute atomic E-state index is 11.3. The molecule has 1 amide bonds. The number of aliphatic hydroxyl groups is 4. The summed E-state index contributed by atoms with van der Waals surface area (Å²) in [5, 5.41) is 48.6. The predicted octanol–water partition coefficient (Wildman–Crippen LogP) is -3.38. The quantitative estimate of drug-likeness (QED) is 0.224. The van der Waals surface area contributed by atoms with Crippen LogP contribution in [0.4, 0.5) is 0 Å². The molecule has 0 bridgehead atoms. The minimum Gasteiger partial charge on any atom is -0.475 e. The molecule has 22 heavy (non-hydrogen) atoms. The SMILES string of the molecule is CO[C@@H](CC(=O)C(=O)O)[C@@H](NC(C)=O)[C@@H](O)[C@H](O)[C@H](O)CO. The molecule has 0 aromatic carbocycles. The minimum atomic E-state index is -1.85. The van der Waals surface area contributed by atoms with E-state index in [4.69, 9.17) is 14.9 Å². The lowest BCUT2D eigenvalue weighted by atomic mass is 9.94. The highest BCUT2D eigenvalue weighted by Crippen LogP contribution is 2.14. The third-order valence-corrected chi connectivity index (χ3v) is 3.00. The van der Waals surface area contributed by atoms with Crippen LogP contribution in [0, 0.1) is 0 Å². The van der Waals surface area contributed by atoms with E-state index in [1.807, 2.05) is 0 Å². The third kappa shape index (κ3) is 6.03. The molecule has 0 saturated carbocycles. The number of carbonyl (C=O) groups is 3. The number of Topliss-reactive ketones (excluding diaryl/α,β-unsaturated/α-hetero) is 1. The van der Waals surface area contributed by atoms with Gasteiger partial charge in [0.05, 0.1) is 18.8 Å². The summed E-state index contributed by atoms with van der Waals surface area (Å²) in [5.74, 6) is -3.57. The maximum Gasteiger partial charge on any atom is 0.372 e. The van der Waals surface area contributed by atoms with E-state index >= 15 is 0 Å². The number of aliphatic carboxylic acids is 1. The van der Waals surface area contributed by atoms with Crippen LogP contribution in [0.15, 0.2) is 0 Å². The van der Waals surface area contributed by atoms with Crippen molar-refractivity contribution in [3.8, 4) is 0 Å². The van der Waals surface area contributed by atoms with Gasteiger partial charge in [0.2, 0.25) is 11.7 Å². The normalized spacial score (nSPS) is 17.9. The standard InChI is InChI=1S/C12H21NO9/c1-5(15)13-9(11(19)10(18)7(17)4-14)8(22-2)3-6(16)12(20)21/h7-11,14,17-19H,3-4H2,1-2H3,(H,13,15)(H,20,21)/t7-,8+,9-,10-,11-/m1/s1. The Bertz CT molecular complexity index is 400. The van der Waals surface area contributed by atoms with E-state index in [1.54, 1.807) is 0 Å². The van der Waals surface area contributed by atoms with E-state index in [9.17, 15) is 29.7 Å². The Morgan fingerprint density at radius 2 is 1.68 bits per heavy atom. The fraction of sp³-hybridized carbons (Fsp3) is 0.750. The summed E-state index contributed by atoms with van der Waals surface area (Å²) >= 11 is 0. The second-order valence-corrected chi connectivity index (χ2v) is 4.66. The lowest BCUT2D eigenvalue weighted by Gasteiger charge is -2.33. The van der Waals surface area contributed by atoms with Gasteiger partial charge in [-0.1, -0.05) is 0 Å². The van der Waals surface area contributed by atoms with Gasteiger partial charge >= 0.3 is 5.97 Å². The molecular weight excluding hydrogens is 302 g/mol. The number of methoxy groups -OCH3 is 1. The van der Waals surface area contributed by atoms with Crippen LogP contribution in [0.5, 0.6) is 0 Å². The highest BCUT2D eigenvalue weighted by molar-refractivity contribution is 6.32. The van der Waals surface area contributed by atoms with Crippen LogP contribution in [0.25, 0.3) is 0 Å². The second-order valence-electron chi connectivity index (χ2n) is 4.66. The summed E-state index contributed by atoms with van der Waals surface area (Å²) in [6, 6.07) is -1.37. The number of ketones is 1. The van der Waals surface area contributed by atoms with Crippen molar-refractivity contribution < 1.29 is 44.7 Å². The first-order chi connectivity index (χ1) is 10.1. The van der Waals surface area contributed by atoms with E-state index in [1.165, 1.54) is 0 Å². The van der Waals surface area contributed by atoms with Gasteiger partial charge in [0.25, 0.3) is 0 Å². The average molecular weight is 323 g/mol. The molecule has 0 unspecified atom stereocenters. The van der Waals surface area contributed by atoms with Crippen molar-refractivity contribution in [1.29, 1.82) is 0 Å². The molecule has 0 radical (unpaired) electrons. The number of aliphatic hydroxyl groups excluding tert-OH is 4. The second kappa shape index (κ2) is 9.43. The zero-order valence-electron chi connectivity index (χ0n) is 12.2. The summed E-state index contributed by atoms with van der Waals surface area (Å²) in [7, 11) is 1.12. The molecule has 6 N–H and O–H groups in total. The Morgan fingerprint density at radius 3 is 2.05 bits per heavy atom. The predicted molar refractivity (Wildman–Crippen MR) is 70.8 cm³/mol. The Balaban J connectivity index is 5.25. The van der Waals surface area contributed by atoms with Crippen LogP contribution < -0.4 is 5.32 Å². The average Bonchev–Trinajstić information content (AvgIpc) is 2.47. The van der Waals surface area contributed by atoms with Gasteiger partial charge < -0.3 is 35.6 Å². The first-order valence-electron chi connectivity index (χ1n) is 6.36. The van der Waals surface area contributed by atoms with Crippen molar-refractivity contribution in [2.24, 2.45) is 0 Å². The van der Waals surface area contributed by atoms with Gasteiger partial charge in [-0.15, -0.1) is 0 Å². The zero-order chi connectivity index (χ0) is 17.4. The summed E-state index contributed by atoms with van der Waals surface area (Å²) in [6.07, 6.45) is -7.28. The highest BCUT2D eigenvalue weighted by atomic mass is 16.5. The number of carbonyl (C=O) groups excluding carboxylic acids is 2. The van der Waals surface area contributed by atoms with E-state index in [0.29, 0.717) is 0 Å². The summed E-state index contributed by atoms with van der Waals surface area (Å²) in [5.41, 5.74) is 0. The number of carboxylic acid groups (broad SMARTS) is 1. The lowest BCUT2D eigenvalue weighted by Crippen LogP contribution is -2.58. The molecule has 0 aliphatic rings. The Hall–Kier alpha value is -1.59. The lowest BCUT2D eigenvalue weighted by molar-refractivity contribution is -0.151. The molecule has 0 aromatic rings. The summed E-state index contributed by atoms with van der Waals surface area (Å²) in [4.78, 5) is 33.0. The number of carboxylic acids is 1. The first kappa shape index (κ1) is 20.4. The molecule has 10 nitrogen and oxygen atoms in total. The Labute approximate surface area is 126 Å². The van der Waals surface area contributed by atoms with Gasteiger partial charge in [0.15, 0.2) is 0 Å². The maximum atomic E-state index is 11.3. The zero-order valence-corrected chi connectivity index (χ0v) is 12.2. The van der Waals surface area contributed by atoms with Crippen LogP contribution in [0.3, 0.4) is 0 Å². The van der Waals surface area contributed by atoms with Gasteiger partial charge in [0.1, 0.15) is 18.3 Å². The molecule has 0 aromatic heterocycles. The molecule has 10 heteroatoms. The smallest absolute Gasteiger partial charge is 0.372 e. The van der Waals surface area contributed by atoms with Crippen molar-refractivity contribution in [2.45, 2.75) is 43.8 Å². The highest BCUT2D eigenvalue weighted by Gasteiger charge is 2.38. The third-order valence-electron chi connectivity index (χ3n) is 3.00. The first-order valence-corrected chi connectivity index (χ1v) is 6.36. The molecule has 0 saturated heterocycles. The van der Waals surface area contributed by atoms with Crippen LogP contribution in [0.2, 0.25) is 0 Å². The van der Waals surface area contributed by atoms with Crippen molar-refractivity contribution in [3.05, 3.63) is 0 Å². The monoisotopic (exact) mass is 323 g/mol. The molecular formula is C12H21NO9. The van der Waals surface area contributed by atoms with Gasteiger partial charge in [-0.05, 0) is 0 Å². The molecule has 0 rings (SSSR count). The van der Waals surface area contributed by atoms with Crippen LogP contribution >= 0.6 is 0 Å². The summed E-state index contributed by atoms with van der Waals surface area (Å²) in [6.45, 7) is 0.247. The Kier molecular flexibility index (Phi) is 8.75. The number of amides is 1. The van der Waals surface area contributed by atoms with Crippen molar-refractivity contribution in [3.63, 3.8) is 0 Å². The van der Waals surface area contributed by atoms with Gasteiger partial charge in [-0.2, -0.15) is 0 Å². The Morgan fingerprint density at radius 1 is 1.14 bits per heavy atom. The molecule has 128 valence electrons. The molecule has 0 fully saturated rings. The number of rotatable bonds is 10. The number of ether oxygens (including phenoxy) is 1. The molecule has 0 heterocycles. The number of nitrogens with one attached hydrogen (secondary N) is 1. The van der Waals surface area contributed by atoms with E-state index < -0.39 is 61.1 Å². The fourth-order valence-corrected chi connectivity index (χ4v) is 1.81. The van der Waals surface area contributed by atoms with Gasteiger partial charge in [0, 0.05) is 20.5 Å². The molecule has 5 atom stereocenters. The number of hydrogen-bond acceptors (Lipinski definition) is 8. The van der Waals surface area contributed by atoms with Crippen LogP contribution in [0.1, 0.15) is 13.3 Å². The molecule has 0 aliphatic carbocycles. The van der Waals surface area contributed by atoms with Gasteiger partial charge in [-0.3, -0.25) is 9.59 Å². The van der Waals surface area contributed by atoms with Crippen molar-refractivity contribution in [2.75, 3.05) is 13.7 Å². The minimum absolute atomic E-state index is 0.639. The van der Waals surface area contributed by atoms with Gasteiger partial charge in [-0.25, -0.2) is 4.79 Å². The van der Waals surface area contributed by atoms with Crippen LogP contribution in [-0.4, -0.2) is 87.4 Å². The molecule has 0 aliphatic heterocycles. The fourth-order valence-electron chi connectivity index (χ4n) is 1.81. The van der Waals surface area contributed by atoms with E-state index in [2.05, 4.69) is 5.32 Å².